The van der Waals surface area contributed by atoms with Crippen molar-refractivity contribution in [2.75, 3.05) is 38.5 Å². The third kappa shape index (κ3) is 3.78. The topological polar surface area (TPSA) is 32.5 Å². The van der Waals surface area contributed by atoms with Gasteiger partial charge < -0.3 is 10.6 Å². The Hall–Kier alpha value is -1.06. The van der Waals surface area contributed by atoms with Crippen LogP contribution < -0.4 is 5.73 Å². The maximum absolute atomic E-state index is 5.77. The van der Waals surface area contributed by atoms with Gasteiger partial charge in [-0.3, -0.25) is 4.90 Å². The number of hydrogen-bond acceptors (Lipinski definition) is 3. The monoisotopic (exact) mass is 287 g/mol. The van der Waals surface area contributed by atoms with Crippen molar-refractivity contribution in [3.05, 3.63) is 29.8 Å². The molecule has 0 amide bonds. The SMILES string of the molecule is CC(CCN1CCCN2CCCC2C1)c1ccc(N)cc1. The predicted molar refractivity (Wildman–Crippen MR) is 89.5 cm³/mol. The Balaban J connectivity index is 1.50. The summed E-state index contributed by atoms with van der Waals surface area (Å²) < 4.78 is 0. The van der Waals surface area contributed by atoms with Crippen LogP contribution in [0, 0.1) is 0 Å². The van der Waals surface area contributed by atoms with E-state index in [-0.39, 0.29) is 0 Å². The van der Waals surface area contributed by atoms with E-state index in [9.17, 15) is 0 Å². The van der Waals surface area contributed by atoms with E-state index >= 15 is 0 Å². The van der Waals surface area contributed by atoms with Crippen LogP contribution in [-0.2, 0) is 0 Å². The normalized spacial score (nSPS) is 25.5. The third-order valence-corrected chi connectivity index (χ3v) is 5.27. The molecule has 0 aliphatic carbocycles. The number of benzene rings is 1. The van der Waals surface area contributed by atoms with Crippen molar-refractivity contribution in [2.45, 2.75) is 44.6 Å². The molecule has 2 N–H and O–H groups in total. The van der Waals surface area contributed by atoms with E-state index in [1.807, 2.05) is 12.1 Å². The van der Waals surface area contributed by atoms with Gasteiger partial charge in [-0.15, -0.1) is 0 Å². The van der Waals surface area contributed by atoms with E-state index in [0.717, 1.165) is 11.7 Å². The van der Waals surface area contributed by atoms with Crippen LogP contribution in [-0.4, -0.2) is 48.6 Å². The summed E-state index contributed by atoms with van der Waals surface area (Å²) in [6.07, 6.45) is 5.40. The molecular formula is C18H29N3. The van der Waals surface area contributed by atoms with Crippen LogP contribution in [0.25, 0.3) is 0 Å². The zero-order valence-electron chi connectivity index (χ0n) is 13.3. The minimum atomic E-state index is 0.619. The highest BCUT2D eigenvalue weighted by atomic mass is 15.3. The van der Waals surface area contributed by atoms with Crippen LogP contribution in [0.15, 0.2) is 24.3 Å². The summed E-state index contributed by atoms with van der Waals surface area (Å²) in [6, 6.07) is 9.24. The molecule has 2 atom stereocenters. The largest absolute Gasteiger partial charge is 0.399 e. The summed E-state index contributed by atoms with van der Waals surface area (Å²) in [7, 11) is 0. The van der Waals surface area contributed by atoms with Crippen molar-refractivity contribution in [1.29, 1.82) is 0 Å². The van der Waals surface area contributed by atoms with Crippen LogP contribution in [0.5, 0.6) is 0 Å². The Kier molecular flexibility index (Phi) is 4.81. The first-order valence-corrected chi connectivity index (χ1v) is 8.54. The van der Waals surface area contributed by atoms with Crippen molar-refractivity contribution in [1.82, 2.24) is 9.80 Å². The van der Waals surface area contributed by atoms with E-state index in [4.69, 9.17) is 5.73 Å². The van der Waals surface area contributed by atoms with Crippen molar-refractivity contribution < 1.29 is 0 Å². The van der Waals surface area contributed by atoms with Crippen molar-refractivity contribution in [2.24, 2.45) is 0 Å². The van der Waals surface area contributed by atoms with Gasteiger partial charge in [-0.25, -0.2) is 0 Å². The quantitative estimate of drug-likeness (QED) is 0.864. The standard InChI is InChI=1S/C18H29N3/c1-15(16-5-7-17(19)8-6-16)9-13-20-10-3-12-21-11-2-4-18(21)14-20/h5-8,15,18H,2-4,9-14,19H2,1H3. The van der Waals surface area contributed by atoms with Crippen molar-refractivity contribution in [3.8, 4) is 0 Å². The van der Waals surface area contributed by atoms with Crippen LogP contribution >= 0.6 is 0 Å². The number of anilines is 1. The summed E-state index contributed by atoms with van der Waals surface area (Å²) in [5.74, 6) is 0.619. The van der Waals surface area contributed by atoms with Crippen molar-refractivity contribution in [3.63, 3.8) is 0 Å². The molecule has 1 aromatic rings. The molecule has 0 spiro atoms. The predicted octanol–water partition coefficient (Wildman–Crippen LogP) is 2.93. The van der Waals surface area contributed by atoms with Gasteiger partial charge in [-0.2, -0.15) is 0 Å². The molecule has 0 bridgehead atoms. The fraction of sp³-hybridized carbons (Fsp3) is 0.667. The average Bonchev–Trinajstić information content (AvgIpc) is 2.83. The van der Waals surface area contributed by atoms with Crippen LogP contribution in [0.2, 0.25) is 0 Å². The molecule has 0 aromatic heterocycles. The fourth-order valence-corrected chi connectivity index (χ4v) is 3.85. The molecule has 0 radical (unpaired) electrons. The molecule has 3 nitrogen and oxygen atoms in total. The highest BCUT2D eigenvalue weighted by Gasteiger charge is 2.28. The van der Waals surface area contributed by atoms with Gasteiger partial charge in [-0.05, 0) is 75.5 Å². The summed E-state index contributed by atoms with van der Waals surface area (Å²) >= 11 is 0. The molecule has 2 aliphatic rings. The Morgan fingerprint density at radius 1 is 1.14 bits per heavy atom. The number of nitrogens with zero attached hydrogens (tertiary/aromatic N) is 2. The minimum absolute atomic E-state index is 0.619. The van der Waals surface area contributed by atoms with Gasteiger partial charge in [0.1, 0.15) is 0 Å². The first-order valence-electron chi connectivity index (χ1n) is 8.54. The van der Waals surface area contributed by atoms with Gasteiger partial charge in [0.05, 0.1) is 0 Å². The molecule has 2 heterocycles. The first kappa shape index (κ1) is 14.9. The van der Waals surface area contributed by atoms with Crippen LogP contribution in [0.4, 0.5) is 5.69 Å². The smallest absolute Gasteiger partial charge is 0.0314 e. The molecule has 1 aromatic carbocycles. The molecule has 2 fully saturated rings. The molecule has 0 saturated carbocycles. The van der Waals surface area contributed by atoms with E-state index in [2.05, 4.69) is 28.9 Å². The second kappa shape index (κ2) is 6.80. The van der Waals surface area contributed by atoms with E-state index < -0.39 is 0 Å². The van der Waals surface area contributed by atoms with E-state index in [1.54, 1.807) is 0 Å². The second-order valence-electron chi connectivity index (χ2n) is 6.84. The summed E-state index contributed by atoms with van der Waals surface area (Å²) in [5.41, 5.74) is 8.05. The highest BCUT2D eigenvalue weighted by molar-refractivity contribution is 5.40. The Labute approximate surface area is 129 Å². The molecular weight excluding hydrogens is 258 g/mol. The second-order valence-corrected chi connectivity index (χ2v) is 6.84. The van der Waals surface area contributed by atoms with Gasteiger partial charge in [0.15, 0.2) is 0 Å². The molecule has 21 heavy (non-hydrogen) atoms. The number of fused-ring (bicyclic) bond motifs is 1. The lowest BCUT2D eigenvalue weighted by Crippen LogP contribution is -2.37. The van der Waals surface area contributed by atoms with Gasteiger partial charge >= 0.3 is 0 Å². The van der Waals surface area contributed by atoms with Crippen LogP contribution in [0.3, 0.4) is 0 Å². The van der Waals surface area contributed by atoms with Crippen LogP contribution in [0.1, 0.15) is 44.1 Å². The average molecular weight is 287 g/mol. The van der Waals surface area contributed by atoms with Gasteiger partial charge in [-0.1, -0.05) is 19.1 Å². The lowest BCUT2D eigenvalue weighted by atomic mass is 9.97. The first-order chi connectivity index (χ1) is 10.2. The van der Waals surface area contributed by atoms with Gasteiger partial charge in [0, 0.05) is 18.3 Å². The lowest BCUT2D eigenvalue weighted by molar-refractivity contribution is 0.216. The van der Waals surface area contributed by atoms with Crippen molar-refractivity contribution >= 4 is 5.69 Å². The zero-order valence-corrected chi connectivity index (χ0v) is 13.3. The summed E-state index contributed by atoms with van der Waals surface area (Å²) in [6.45, 7) is 8.78. The maximum atomic E-state index is 5.77. The molecule has 2 unspecified atom stereocenters. The summed E-state index contributed by atoms with van der Waals surface area (Å²) in [4.78, 5) is 5.41. The maximum Gasteiger partial charge on any atom is 0.0314 e. The van der Waals surface area contributed by atoms with Gasteiger partial charge in [0.25, 0.3) is 0 Å². The Morgan fingerprint density at radius 2 is 1.90 bits per heavy atom. The fourth-order valence-electron chi connectivity index (χ4n) is 3.85. The zero-order chi connectivity index (χ0) is 14.7. The van der Waals surface area contributed by atoms with Gasteiger partial charge in [0.2, 0.25) is 0 Å². The number of rotatable bonds is 4. The molecule has 2 aliphatic heterocycles. The Morgan fingerprint density at radius 3 is 2.71 bits per heavy atom. The Bertz CT molecular complexity index is 442. The number of hydrogen-bond donors (Lipinski definition) is 1. The minimum Gasteiger partial charge on any atom is -0.399 e. The molecule has 3 heteroatoms. The molecule has 116 valence electrons. The highest BCUT2D eigenvalue weighted by Crippen LogP contribution is 2.24. The van der Waals surface area contributed by atoms with E-state index in [0.29, 0.717) is 5.92 Å². The molecule has 2 saturated heterocycles. The molecule has 3 rings (SSSR count). The number of nitrogens with two attached hydrogens (primary N) is 1. The lowest BCUT2D eigenvalue weighted by Gasteiger charge is -2.26. The number of nitrogen functional groups attached to an aromatic ring is 1. The van der Waals surface area contributed by atoms with E-state index in [1.165, 1.54) is 64.0 Å². The summed E-state index contributed by atoms with van der Waals surface area (Å²) in [5, 5.41) is 0. The third-order valence-electron chi connectivity index (χ3n) is 5.27.